The van der Waals surface area contributed by atoms with Crippen LogP contribution in [0.25, 0.3) is 0 Å². The van der Waals surface area contributed by atoms with E-state index in [4.69, 9.17) is 23.2 Å². The van der Waals surface area contributed by atoms with Crippen molar-refractivity contribution in [2.75, 3.05) is 11.9 Å². The zero-order valence-electron chi connectivity index (χ0n) is 8.61. The molecule has 0 saturated heterocycles. The molecular formula is C7H10Cl2N4O2S. The van der Waals surface area contributed by atoms with Crippen molar-refractivity contribution < 1.29 is 8.42 Å². The van der Waals surface area contributed by atoms with Crippen molar-refractivity contribution in [3.05, 3.63) is 5.15 Å². The summed E-state index contributed by atoms with van der Waals surface area (Å²) >= 11 is 11.3. The van der Waals surface area contributed by atoms with Crippen molar-refractivity contribution in [3.8, 4) is 0 Å². The van der Waals surface area contributed by atoms with E-state index in [9.17, 15) is 8.42 Å². The minimum Gasteiger partial charge on any atom is -0.380 e. The molecule has 16 heavy (non-hydrogen) atoms. The number of alkyl halides is 1. The fourth-order valence-corrected chi connectivity index (χ4v) is 2.38. The molecule has 0 aliphatic carbocycles. The van der Waals surface area contributed by atoms with Crippen LogP contribution in [0.5, 0.6) is 0 Å². The third-order valence-electron chi connectivity index (χ3n) is 1.74. The summed E-state index contributed by atoms with van der Waals surface area (Å²) in [4.78, 5) is 0. The second kappa shape index (κ2) is 5.11. The van der Waals surface area contributed by atoms with E-state index in [2.05, 4.69) is 20.7 Å². The van der Waals surface area contributed by atoms with Gasteiger partial charge in [-0.05, 0) is 19.1 Å². The number of hydrogen-bond donors (Lipinski definition) is 1. The van der Waals surface area contributed by atoms with Crippen LogP contribution in [0.2, 0.25) is 5.15 Å². The van der Waals surface area contributed by atoms with Gasteiger partial charge in [0.1, 0.15) is 10.4 Å². The molecule has 0 fully saturated rings. The SMILES string of the molecule is CCNc1c(Cl)nnnc1S(=O)(=O)C(C)Cl. The van der Waals surface area contributed by atoms with Crippen LogP contribution >= 0.6 is 23.2 Å². The molecule has 0 aliphatic heterocycles. The van der Waals surface area contributed by atoms with Crippen LogP contribution in [0, 0.1) is 0 Å². The van der Waals surface area contributed by atoms with Gasteiger partial charge in [-0.25, -0.2) is 8.42 Å². The average Bonchev–Trinajstić information content (AvgIpc) is 2.20. The molecule has 1 aromatic rings. The Morgan fingerprint density at radius 1 is 1.44 bits per heavy atom. The second-order valence-corrected chi connectivity index (χ2v) is 6.33. The molecule has 9 heteroatoms. The van der Waals surface area contributed by atoms with Gasteiger partial charge >= 0.3 is 0 Å². The van der Waals surface area contributed by atoms with E-state index < -0.39 is 14.5 Å². The molecule has 0 bridgehead atoms. The number of nitrogens with zero attached hydrogens (tertiary/aromatic N) is 3. The second-order valence-electron chi connectivity index (χ2n) is 2.88. The number of hydrogen-bond acceptors (Lipinski definition) is 6. The van der Waals surface area contributed by atoms with Gasteiger partial charge < -0.3 is 5.32 Å². The highest BCUT2D eigenvalue weighted by Crippen LogP contribution is 2.28. The third-order valence-corrected chi connectivity index (χ3v) is 4.39. The largest absolute Gasteiger partial charge is 0.380 e. The summed E-state index contributed by atoms with van der Waals surface area (Å²) in [6.45, 7) is 3.60. The Kier molecular flexibility index (Phi) is 4.28. The quantitative estimate of drug-likeness (QED) is 0.840. The van der Waals surface area contributed by atoms with E-state index in [0.717, 1.165) is 0 Å². The zero-order valence-corrected chi connectivity index (χ0v) is 10.9. The summed E-state index contributed by atoms with van der Waals surface area (Å²) in [5.74, 6) is 0. The smallest absolute Gasteiger partial charge is 0.216 e. The van der Waals surface area contributed by atoms with Gasteiger partial charge in [-0.3, -0.25) is 0 Å². The van der Waals surface area contributed by atoms with E-state index >= 15 is 0 Å². The molecule has 1 heterocycles. The van der Waals surface area contributed by atoms with Crippen molar-refractivity contribution in [1.29, 1.82) is 0 Å². The topological polar surface area (TPSA) is 84.8 Å². The van der Waals surface area contributed by atoms with Gasteiger partial charge in [0.15, 0.2) is 5.15 Å². The van der Waals surface area contributed by atoms with Crippen LogP contribution in [0.4, 0.5) is 5.69 Å². The first kappa shape index (κ1) is 13.4. The van der Waals surface area contributed by atoms with E-state index in [1.54, 1.807) is 6.92 Å². The van der Waals surface area contributed by atoms with Crippen molar-refractivity contribution in [1.82, 2.24) is 15.4 Å². The molecule has 1 N–H and O–H groups in total. The van der Waals surface area contributed by atoms with E-state index in [-0.39, 0.29) is 15.9 Å². The maximum Gasteiger partial charge on any atom is 0.216 e. The third kappa shape index (κ3) is 2.53. The monoisotopic (exact) mass is 284 g/mol. The van der Waals surface area contributed by atoms with Crippen molar-refractivity contribution >= 4 is 38.7 Å². The molecule has 0 amide bonds. The summed E-state index contributed by atoms with van der Waals surface area (Å²) in [5.41, 5.74) is 0.131. The molecule has 0 aromatic carbocycles. The summed E-state index contributed by atoms with van der Waals surface area (Å²) in [5, 5.41) is 12.6. The molecule has 0 saturated carbocycles. The summed E-state index contributed by atoms with van der Waals surface area (Å²) in [6.07, 6.45) is 0. The number of sulfone groups is 1. The molecule has 0 spiro atoms. The molecule has 1 unspecified atom stereocenters. The summed E-state index contributed by atoms with van der Waals surface area (Å²) in [6, 6.07) is 0. The van der Waals surface area contributed by atoms with Gasteiger partial charge in [0.05, 0.1) is 0 Å². The molecule has 6 nitrogen and oxygen atoms in total. The van der Waals surface area contributed by atoms with Crippen LogP contribution in [0.15, 0.2) is 5.03 Å². The van der Waals surface area contributed by atoms with Gasteiger partial charge in [0, 0.05) is 6.54 Å². The van der Waals surface area contributed by atoms with Crippen molar-refractivity contribution in [2.45, 2.75) is 23.6 Å². The number of anilines is 1. The number of rotatable bonds is 4. The highest BCUT2D eigenvalue weighted by molar-refractivity contribution is 7.93. The lowest BCUT2D eigenvalue weighted by Gasteiger charge is -2.10. The molecular weight excluding hydrogens is 275 g/mol. The highest BCUT2D eigenvalue weighted by atomic mass is 35.5. The van der Waals surface area contributed by atoms with Crippen molar-refractivity contribution in [2.24, 2.45) is 0 Å². The standard InChI is InChI=1S/C7H10Cl2N4O2S/c1-3-10-5-6(9)11-13-12-7(5)16(14,15)4(2)8/h4H,3H2,1-2H3,(H,10,13). The van der Waals surface area contributed by atoms with Gasteiger partial charge in [0.2, 0.25) is 14.9 Å². The molecule has 0 radical (unpaired) electrons. The molecule has 1 atom stereocenters. The summed E-state index contributed by atoms with van der Waals surface area (Å²) < 4.78 is 22.5. The minimum absolute atomic E-state index is 0.0484. The maximum absolute atomic E-state index is 11.8. The van der Waals surface area contributed by atoms with Gasteiger partial charge in [-0.2, -0.15) is 0 Å². The first-order valence-corrected chi connectivity index (χ1v) is 6.78. The van der Waals surface area contributed by atoms with Crippen LogP contribution in [0.1, 0.15) is 13.8 Å². The Labute approximate surface area is 103 Å². The fourth-order valence-electron chi connectivity index (χ4n) is 0.969. The predicted octanol–water partition coefficient (Wildman–Crippen LogP) is 1.32. The lowest BCUT2D eigenvalue weighted by molar-refractivity contribution is 0.586. The van der Waals surface area contributed by atoms with Gasteiger partial charge in [0.25, 0.3) is 0 Å². The fraction of sp³-hybridized carbons (Fsp3) is 0.571. The predicted molar refractivity (Wildman–Crippen MR) is 61.5 cm³/mol. The molecule has 1 rings (SSSR count). The highest BCUT2D eigenvalue weighted by Gasteiger charge is 2.28. The molecule has 1 aromatic heterocycles. The summed E-state index contributed by atoms with van der Waals surface area (Å²) in [7, 11) is -3.75. The first-order chi connectivity index (χ1) is 7.41. The van der Waals surface area contributed by atoms with Gasteiger partial charge in [-0.15, -0.1) is 21.8 Å². The Morgan fingerprint density at radius 2 is 2.06 bits per heavy atom. The Morgan fingerprint density at radius 3 is 2.56 bits per heavy atom. The minimum atomic E-state index is -3.75. The zero-order chi connectivity index (χ0) is 12.3. The van der Waals surface area contributed by atoms with Crippen LogP contribution in [-0.4, -0.2) is 35.1 Å². The Hall–Kier alpha value is -0.660. The lowest BCUT2D eigenvalue weighted by atomic mass is 10.5. The van der Waals surface area contributed by atoms with Crippen LogP contribution < -0.4 is 5.32 Å². The van der Waals surface area contributed by atoms with Gasteiger partial charge in [-0.1, -0.05) is 11.6 Å². The van der Waals surface area contributed by atoms with Crippen LogP contribution in [0.3, 0.4) is 0 Å². The Bertz CT molecular complexity index is 477. The Balaban J connectivity index is 3.39. The number of aromatic nitrogens is 3. The normalized spacial score (nSPS) is 13.5. The average molecular weight is 285 g/mol. The van der Waals surface area contributed by atoms with E-state index in [1.165, 1.54) is 6.92 Å². The molecule has 90 valence electrons. The number of halogens is 2. The van der Waals surface area contributed by atoms with E-state index in [0.29, 0.717) is 6.54 Å². The van der Waals surface area contributed by atoms with E-state index in [1.807, 2.05) is 0 Å². The lowest BCUT2D eigenvalue weighted by Crippen LogP contribution is -2.18. The maximum atomic E-state index is 11.8. The number of nitrogens with one attached hydrogen (secondary N) is 1. The molecule has 0 aliphatic rings. The van der Waals surface area contributed by atoms with Crippen LogP contribution in [-0.2, 0) is 9.84 Å². The van der Waals surface area contributed by atoms with Crippen molar-refractivity contribution in [3.63, 3.8) is 0 Å². The first-order valence-electron chi connectivity index (χ1n) is 4.42.